The Morgan fingerprint density at radius 3 is 2.53 bits per heavy atom. The molecule has 19 heavy (non-hydrogen) atoms. The molecule has 2 aliphatic rings. The number of nitrogens with two attached hydrogens (primary N) is 1. The number of pyridine rings is 1. The van der Waals surface area contributed by atoms with Crippen molar-refractivity contribution >= 4 is 22.9 Å². The summed E-state index contributed by atoms with van der Waals surface area (Å²) >= 11 is 5.11. The average molecular weight is 275 g/mol. The number of rotatable bonds is 2. The van der Waals surface area contributed by atoms with E-state index in [1.807, 2.05) is 6.07 Å². The molecule has 0 bridgehead atoms. The van der Waals surface area contributed by atoms with Crippen molar-refractivity contribution in [1.29, 1.82) is 0 Å². The topological polar surface area (TPSA) is 42.1 Å². The van der Waals surface area contributed by atoms with E-state index in [0.717, 1.165) is 24.5 Å². The summed E-state index contributed by atoms with van der Waals surface area (Å²) in [5.41, 5.74) is 8.31. The molecule has 1 aromatic heterocycles. The molecule has 0 radical (unpaired) electrons. The van der Waals surface area contributed by atoms with Gasteiger partial charge in [-0.05, 0) is 43.2 Å². The van der Waals surface area contributed by atoms with Crippen LogP contribution in [0.4, 0.5) is 5.69 Å². The summed E-state index contributed by atoms with van der Waals surface area (Å²) in [4.78, 5) is 7.14. The second-order valence-corrected chi connectivity index (χ2v) is 6.37. The van der Waals surface area contributed by atoms with Crippen molar-refractivity contribution in [3.8, 4) is 0 Å². The van der Waals surface area contributed by atoms with Crippen molar-refractivity contribution in [2.75, 3.05) is 18.0 Å². The molecular formula is C15H21N3S. The van der Waals surface area contributed by atoms with E-state index in [1.54, 1.807) is 6.20 Å². The van der Waals surface area contributed by atoms with Gasteiger partial charge in [-0.1, -0.05) is 25.1 Å². The zero-order chi connectivity index (χ0) is 13.3. The normalized spacial score (nSPS) is 21.8. The van der Waals surface area contributed by atoms with Gasteiger partial charge in [0.05, 0.1) is 5.69 Å². The third kappa shape index (κ3) is 2.46. The SMILES string of the molecule is NC(=S)c1ncccc1N1CCC2(CCCC2)CC1. The van der Waals surface area contributed by atoms with Gasteiger partial charge in [-0.25, -0.2) is 0 Å². The zero-order valence-electron chi connectivity index (χ0n) is 11.3. The van der Waals surface area contributed by atoms with Gasteiger partial charge < -0.3 is 10.6 Å². The van der Waals surface area contributed by atoms with Crippen LogP contribution in [0.2, 0.25) is 0 Å². The van der Waals surface area contributed by atoms with Crippen LogP contribution >= 0.6 is 12.2 Å². The standard InChI is InChI=1S/C15H21N3S/c16-14(19)13-12(4-3-9-17-13)18-10-7-15(8-11-18)5-1-2-6-15/h3-4,9H,1-2,5-8,10-11H2,(H2,16,19). The quantitative estimate of drug-likeness (QED) is 0.843. The fourth-order valence-corrected chi connectivity index (χ4v) is 3.85. The smallest absolute Gasteiger partial charge is 0.124 e. The van der Waals surface area contributed by atoms with Crippen LogP contribution in [-0.4, -0.2) is 23.1 Å². The van der Waals surface area contributed by atoms with Gasteiger partial charge in [0.25, 0.3) is 0 Å². The molecule has 1 saturated carbocycles. The summed E-state index contributed by atoms with van der Waals surface area (Å²) in [5.74, 6) is 0. The van der Waals surface area contributed by atoms with E-state index < -0.39 is 0 Å². The van der Waals surface area contributed by atoms with Gasteiger partial charge in [-0.2, -0.15) is 0 Å². The van der Waals surface area contributed by atoms with E-state index in [9.17, 15) is 0 Å². The molecule has 2 N–H and O–H groups in total. The lowest BCUT2D eigenvalue weighted by atomic mass is 9.77. The molecule has 2 fully saturated rings. The van der Waals surface area contributed by atoms with Gasteiger partial charge in [0, 0.05) is 19.3 Å². The number of aromatic nitrogens is 1. The molecule has 1 spiro atoms. The van der Waals surface area contributed by atoms with Crippen molar-refractivity contribution in [3.05, 3.63) is 24.0 Å². The van der Waals surface area contributed by atoms with Crippen LogP contribution in [0.3, 0.4) is 0 Å². The summed E-state index contributed by atoms with van der Waals surface area (Å²) in [6.07, 6.45) is 10.1. The summed E-state index contributed by atoms with van der Waals surface area (Å²) in [7, 11) is 0. The first-order valence-corrected chi connectivity index (χ1v) is 7.61. The Kier molecular flexibility index (Phi) is 3.44. The highest BCUT2D eigenvalue weighted by Gasteiger charge is 2.37. The predicted molar refractivity (Wildman–Crippen MR) is 82.5 cm³/mol. The summed E-state index contributed by atoms with van der Waals surface area (Å²) in [6.45, 7) is 2.22. The molecule has 1 aliphatic heterocycles. The first-order valence-electron chi connectivity index (χ1n) is 7.20. The molecule has 1 aliphatic carbocycles. The van der Waals surface area contributed by atoms with Crippen molar-refractivity contribution in [1.82, 2.24) is 4.98 Å². The highest BCUT2D eigenvalue weighted by atomic mass is 32.1. The number of anilines is 1. The Bertz CT molecular complexity index is 470. The zero-order valence-corrected chi connectivity index (χ0v) is 12.1. The molecule has 3 nitrogen and oxygen atoms in total. The largest absolute Gasteiger partial charge is 0.388 e. The molecule has 0 amide bonds. The molecule has 0 atom stereocenters. The molecule has 0 aromatic carbocycles. The van der Waals surface area contributed by atoms with Gasteiger partial charge in [0.1, 0.15) is 10.7 Å². The van der Waals surface area contributed by atoms with E-state index in [2.05, 4.69) is 16.0 Å². The fourth-order valence-electron chi connectivity index (χ4n) is 3.69. The van der Waals surface area contributed by atoms with Gasteiger partial charge in [-0.3, -0.25) is 4.98 Å². The van der Waals surface area contributed by atoms with E-state index in [1.165, 1.54) is 38.5 Å². The molecule has 4 heteroatoms. The lowest BCUT2D eigenvalue weighted by Crippen LogP contribution is -2.39. The van der Waals surface area contributed by atoms with Crippen LogP contribution in [0, 0.1) is 5.41 Å². The maximum Gasteiger partial charge on any atom is 0.124 e. The van der Waals surface area contributed by atoms with Gasteiger partial charge in [0.15, 0.2) is 0 Å². The maximum absolute atomic E-state index is 5.78. The van der Waals surface area contributed by atoms with Crippen LogP contribution < -0.4 is 10.6 Å². The van der Waals surface area contributed by atoms with Crippen molar-refractivity contribution in [3.63, 3.8) is 0 Å². The molecule has 1 aromatic rings. The number of hydrogen-bond acceptors (Lipinski definition) is 3. The van der Waals surface area contributed by atoms with Crippen LogP contribution in [0.15, 0.2) is 18.3 Å². The first-order chi connectivity index (χ1) is 9.20. The lowest BCUT2D eigenvalue weighted by molar-refractivity contribution is 0.226. The molecule has 3 rings (SSSR count). The molecule has 2 heterocycles. The minimum atomic E-state index is 0.400. The third-order valence-corrected chi connectivity index (χ3v) is 5.04. The minimum absolute atomic E-state index is 0.400. The molecule has 1 saturated heterocycles. The number of nitrogens with zero attached hydrogens (tertiary/aromatic N) is 2. The maximum atomic E-state index is 5.78. The molecule has 102 valence electrons. The van der Waals surface area contributed by atoms with Crippen molar-refractivity contribution in [2.24, 2.45) is 11.1 Å². The number of hydrogen-bond donors (Lipinski definition) is 1. The molecular weight excluding hydrogens is 254 g/mol. The van der Waals surface area contributed by atoms with E-state index in [0.29, 0.717) is 10.4 Å². The van der Waals surface area contributed by atoms with Crippen LogP contribution in [0.5, 0.6) is 0 Å². The van der Waals surface area contributed by atoms with E-state index in [4.69, 9.17) is 18.0 Å². The lowest BCUT2D eigenvalue weighted by Gasteiger charge is -2.40. The Balaban J connectivity index is 1.76. The highest BCUT2D eigenvalue weighted by Crippen LogP contribution is 2.46. The highest BCUT2D eigenvalue weighted by molar-refractivity contribution is 7.80. The predicted octanol–water partition coefficient (Wildman–Crippen LogP) is 2.88. The fraction of sp³-hybridized carbons (Fsp3) is 0.600. The van der Waals surface area contributed by atoms with Gasteiger partial charge >= 0.3 is 0 Å². The second kappa shape index (κ2) is 5.08. The Labute approximate surface area is 120 Å². The average Bonchev–Trinajstić information content (AvgIpc) is 2.88. The van der Waals surface area contributed by atoms with Crippen LogP contribution in [-0.2, 0) is 0 Å². The Morgan fingerprint density at radius 1 is 1.21 bits per heavy atom. The van der Waals surface area contributed by atoms with E-state index >= 15 is 0 Å². The minimum Gasteiger partial charge on any atom is -0.388 e. The van der Waals surface area contributed by atoms with Crippen molar-refractivity contribution < 1.29 is 0 Å². The number of piperidine rings is 1. The Hall–Kier alpha value is -1.16. The van der Waals surface area contributed by atoms with Crippen LogP contribution in [0.1, 0.15) is 44.2 Å². The summed E-state index contributed by atoms with van der Waals surface area (Å²) in [6, 6.07) is 4.06. The molecule has 0 unspecified atom stereocenters. The number of thiocarbonyl (C=S) groups is 1. The van der Waals surface area contributed by atoms with Gasteiger partial charge in [0.2, 0.25) is 0 Å². The monoisotopic (exact) mass is 275 g/mol. The van der Waals surface area contributed by atoms with Gasteiger partial charge in [-0.15, -0.1) is 0 Å². The van der Waals surface area contributed by atoms with E-state index in [-0.39, 0.29) is 0 Å². The third-order valence-electron chi connectivity index (χ3n) is 4.85. The second-order valence-electron chi connectivity index (χ2n) is 5.93. The first kappa shape index (κ1) is 12.9. The summed E-state index contributed by atoms with van der Waals surface area (Å²) in [5, 5.41) is 0. The Morgan fingerprint density at radius 2 is 1.89 bits per heavy atom. The van der Waals surface area contributed by atoms with Crippen molar-refractivity contribution in [2.45, 2.75) is 38.5 Å². The summed E-state index contributed by atoms with van der Waals surface area (Å²) < 4.78 is 0. The van der Waals surface area contributed by atoms with Crippen LogP contribution in [0.25, 0.3) is 0 Å².